The van der Waals surface area contributed by atoms with Gasteiger partial charge < -0.3 is 33.2 Å². The van der Waals surface area contributed by atoms with Crippen molar-refractivity contribution < 1.29 is 9.59 Å². The zero-order chi connectivity index (χ0) is 19.8. The van der Waals surface area contributed by atoms with Gasteiger partial charge >= 0.3 is 11.8 Å². The number of primary amides is 1. The van der Waals surface area contributed by atoms with E-state index in [0.717, 1.165) is 58.0 Å². The van der Waals surface area contributed by atoms with Crippen molar-refractivity contribution in [1.29, 1.82) is 0 Å². The van der Waals surface area contributed by atoms with Crippen molar-refractivity contribution in [3.05, 3.63) is 0 Å². The van der Waals surface area contributed by atoms with Gasteiger partial charge in [-0.1, -0.05) is 12.8 Å². The molecule has 152 valence electrons. The molecule has 9 heteroatoms. The van der Waals surface area contributed by atoms with E-state index in [1.165, 1.54) is 0 Å². The van der Waals surface area contributed by atoms with Crippen LogP contribution in [-0.2, 0) is 9.59 Å². The standard InChI is InChI=1S/C17H37N7O2/c1-14(18)8-11-22-9-5-7-13-24(16(26)15(19)25)12-6-3-2-4-10-23-17(20)21/h14,22H,2-13,18H2,1H3,(H2,19,25)(H4,20,21,23). The normalized spacial score (nSPS) is 11.8. The number of nitrogens with zero attached hydrogens (tertiary/aromatic N) is 2. The summed E-state index contributed by atoms with van der Waals surface area (Å²) < 4.78 is 0. The van der Waals surface area contributed by atoms with Crippen LogP contribution in [0.15, 0.2) is 4.99 Å². The summed E-state index contributed by atoms with van der Waals surface area (Å²) in [6.45, 7) is 5.45. The topological polar surface area (TPSA) is 166 Å². The zero-order valence-corrected chi connectivity index (χ0v) is 16.1. The number of rotatable bonds is 15. The Hall–Kier alpha value is -1.87. The molecule has 0 bridgehead atoms. The molecule has 0 aromatic rings. The molecule has 1 atom stereocenters. The molecule has 0 aromatic heterocycles. The van der Waals surface area contributed by atoms with Crippen LogP contribution in [0.2, 0.25) is 0 Å². The lowest BCUT2D eigenvalue weighted by Gasteiger charge is -2.21. The summed E-state index contributed by atoms with van der Waals surface area (Å²) in [5, 5.41) is 3.32. The first kappa shape index (κ1) is 24.1. The molecule has 1 unspecified atom stereocenters. The number of carbonyl (C=O) groups excluding carboxylic acids is 2. The van der Waals surface area contributed by atoms with E-state index in [4.69, 9.17) is 22.9 Å². The highest BCUT2D eigenvalue weighted by Gasteiger charge is 2.17. The number of nitrogens with one attached hydrogen (secondary N) is 1. The van der Waals surface area contributed by atoms with E-state index in [1.807, 2.05) is 6.92 Å². The second-order valence-corrected chi connectivity index (χ2v) is 6.60. The number of carbonyl (C=O) groups is 2. The largest absolute Gasteiger partial charge is 0.370 e. The average molecular weight is 372 g/mol. The fourth-order valence-electron chi connectivity index (χ4n) is 2.45. The number of amides is 2. The molecule has 0 aliphatic heterocycles. The average Bonchev–Trinajstić information content (AvgIpc) is 2.56. The molecule has 2 amide bonds. The van der Waals surface area contributed by atoms with E-state index >= 15 is 0 Å². The Bertz CT molecular complexity index is 423. The number of unbranched alkanes of at least 4 members (excludes halogenated alkanes) is 4. The highest BCUT2D eigenvalue weighted by Crippen LogP contribution is 2.04. The maximum atomic E-state index is 11.9. The minimum atomic E-state index is -0.896. The summed E-state index contributed by atoms with van der Waals surface area (Å²) in [5.41, 5.74) is 21.4. The van der Waals surface area contributed by atoms with Crippen LogP contribution in [0.4, 0.5) is 0 Å². The monoisotopic (exact) mass is 371 g/mol. The number of hydrogen-bond donors (Lipinski definition) is 5. The first-order valence-electron chi connectivity index (χ1n) is 9.45. The van der Waals surface area contributed by atoms with Gasteiger partial charge in [0.25, 0.3) is 0 Å². The highest BCUT2D eigenvalue weighted by molar-refractivity contribution is 6.34. The van der Waals surface area contributed by atoms with E-state index < -0.39 is 11.8 Å². The van der Waals surface area contributed by atoms with E-state index in [2.05, 4.69) is 10.3 Å². The molecule has 9 nitrogen and oxygen atoms in total. The Kier molecular flexibility index (Phi) is 14.3. The Labute approximate surface area is 156 Å². The Morgan fingerprint density at radius 3 is 2.15 bits per heavy atom. The minimum absolute atomic E-state index is 0.107. The molecule has 0 heterocycles. The van der Waals surface area contributed by atoms with Gasteiger partial charge in [-0.05, 0) is 52.1 Å². The number of nitrogens with two attached hydrogens (primary N) is 4. The van der Waals surface area contributed by atoms with Crippen molar-refractivity contribution >= 4 is 17.8 Å². The van der Waals surface area contributed by atoms with Crippen molar-refractivity contribution in [2.75, 3.05) is 32.7 Å². The first-order valence-corrected chi connectivity index (χ1v) is 9.45. The third-order valence-electron chi connectivity index (χ3n) is 3.94. The van der Waals surface area contributed by atoms with E-state index in [9.17, 15) is 9.59 Å². The van der Waals surface area contributed by atoms with Gasteiger partial charge in [0, 0.05) is 25.7 Å². The fraction of sp³-hybridized carbons (Fsp3) is 0.824. The maximum absolute atomic E-state index is 11.9. The van der Waals surface area contributed by atoms with Gasteiger partial charge in [-0.2, -0.15) is 0 Å². The summed E-state index contributed by atoms with van der Waals surface area (Å²) >= 11 is 0. The van der Waals surface area contributed by atoms with Gasteiger partial charge in [-0.25, -0.2) is 0 Å². The molecular formula is C17H37N7O2. The van der Waals surface area contributed by atoms with Crippen LogP contribution in [0.5, 0.6) is 0 Å². The van der Waals surface area contributed by atoms with Gasteiger partial charge in [0.15, 0.2) is 5.96 Å². The SMILES string of the molecule is CC(N)CCNCCCCN(CCCCCCN=C(N)N)C(=O)C(N)=O. The molecule has 0 rings (SSSR count). The molecule has 0 aliphatic carbocycles. The van der Waals surface area contributed by atoms with Crippen molar-refractivity contribution in [2.45, 2.75) is 57.9 Å². The van der Waals surface area contributed by atoms with Crippen molar-refractivity contribution in [3.63, 3.8) is 0 Å². The lowest BCUT2D eigenvalue weighted by atomic mass is 10.1. The molecule has 0 saturated carbocycles. The van der Waals surface area contributed by atoms with Gasteiger partial charge in [0.05, 0.1) is 0 Å². The van der Waals surface area contributed by atoms with Crippen LogP contribution in [0.1, 0.15) is 51.9 Å². The van der Waals surface area contributed by atoms with Crippen LogP contribution in [-0.4, -0.2) is 61.4 Å². The Morgan fingerprint density at radius 1 is 0.962 bits per heavy atom. The van der Waals surface area contributed by atoms with Gasteiger partial charge in [-0.3, -0.25) is 14.6 Å². The second-order valence-electron chi connectivity index (χ2n) is 6.60. The number of guanidine groups is 1. The predicted molar refractivity (Wildman–Crippen MR) is 105 cm³/mol. The molecule has 0 saturated heterocycles. The quantitative estimate of drug-likeness (QED) is 0.110. The summed E-state index contributed by atoms with van der Waals surface area (Å²) in [4.78, 5) is 28.6. The van der Waals surface area contributed by atoms with E-state index in [1.54, 1.807) is 4.90 Å². The second kappa shape index (κ2) is 15.4. The van der Waals surface area contributed by atoms with Gasteiger partial charge in [-0.15, -0.1) is 0 Å². The van der Waals surface area contributed by atoms with Crippen molar-refractivity contribution in [2.24, 2.45) is 27.9 Å². The fourth-order valence-corrected chi connectivity index (χ4v) is 2.45. The van der Waals surface area contributed by atoms with E-state index in [0.29, 0.717) is 19.6 Å². The van der Waals surface area contributed by atoms with Crippen LogP contribution < -0.4 is 28.3 Å². The molecule has 0 spiro atoms. The van der Waals surface area contributed by atoms with Crippen molar-refractivity contribution in [3.8, 4) is 0 Å². The van der Waals surface area contributed by atoms with Crippen LogP contribution >= 0.6 is 0 Å². The highest BCUT2D eigenvalue weighted by atomic mass is 16.2. The summed E-state index contributed by atoms with van der Waals surface area (Å²) in [5.74, 6) is -1.39. The predicted octanol–water partition coefficient (Wildman–Crippen LogP) is -0.759. The third-order valence-corrected chi connectivity index (χ3v) is 3.94. The summed E-state index contributed by atoms with van der Waals surface area (Å²) in [6, 6.07) is 0.200. The minimum Gasteiger partial charge on any atom is -0.370 e. The lowest BCUT2D eigenvalue weighted by Crippen LogP contribution is -2.41. The smallest absolute Gasteiger partial charge is 0.311 e. The Balaban J connectivity index is 3.94. The van der Waals surface area contributed by atoms with Crippen molar-refractivity contribution in [1.82, 2.24) is 10.2 Å². The summed E-state index contributed by atoms with van der Waals surface area (Å²) in [7, 11) is 0. The zero-order valence-electron chi connectivity index (χ0n) is 16.1. The van der Waals surface area contributed by atoms with E-state index in [-0.39, 0.29) is 12.0 Å². The lowest BCUT2D eigenvalue weighted by molar-refractivity contribution is -0.144. The molecule has 0 fully saturated rings. The third kappa shape index (κ3) is 14.5. The molecule has 0 aliphatic rings. The van der Waals surface area contributed by atoms with Crippen LogP contribution in [0.25, 0.3) is 0 Å². The number of hydrogen-bond acceptors (Lipinski definition) is 5. The van der Waals surface area contributed by atoms with Crippen LogP contribution in [0.3, 0.4) is 0 Å². The molecule has 9 N–H and O–H groups in total. The molecule has 0 radical (unpaired) electrons. The molecule has 0 aromatic carbocycles. The maximum Gasteiger partial charge on any atom is 0.311 e. The first-order chi connectivity index (χ1) is 12.3. The molecule has 26 heavy (non-hydrogen) atoms. The number of aliphatic imine (C=N–C) groups is 1. The van der Waals surface area contributed by atoms with Crippen LogP contribution in [0, 0.1) is 0 Å². The molecular weight excluding hydrogens is 334 g/mol. The van der Waals surface area contributed by atoms with Gasteiger partial charge in [0.2, 0.25) is 0 Å². The summed E-state index contributed by atoms with van der Waals surface area (Å²) in [6.07, 6.45) is 6.34. The van der Waals surface area contributed by atoms with Gasteiger partial charge in [0.1, 0.15) is 0 Å². The Morgan fingerprint density at radius 2 is 1.58 bits per heavy atom.